The Balaban J connectivity index is 1.86. The van der Waals surface area contributed by atoms with Crippen molar-refractivity contribution in [1.29, 1.82) is 0 Å². The predicted octanol–water partition coefficient (Wildman–Crippen LogP) is 3.73. The maximum absolute atomic E-state index is 13.0. The summed E-state index contributed by atoms with van der Waals surface area (Å²) in [7, 11) is -2.28. The molecule has 0 spiro atoms. The number of nitrogens with one attached hydrogen (secondary N) is 1. The van der Waals surface area contributed by atoms with Crippen molar-refractivity contribution in [2.45, 2.75) is 30.7 Å². The average Bonchev–Trinajstić information content (AvgIpc) is 3.23. The van der Waals surface area contributed by atoms with Crippen molar-refractivity contribution in [2.24, 2.45) is 0 Å². The van der Waals surface area contributed by atoms with E-state index in [2.05, 4.69) is 21.2 Å². The first-order valence-electron chi connectivity index (χ1n) is 9.07. The molecule has 1 saturated heterocycles. The van der Waals surface area contributed by atoms with Gasteiger partial charge in [0, 0.05) is 23.1 Å². The van der Waals surface area contributed by atoms with Crippen LogP contribution >= 0.6 is 15.9 Å². The van der Waals surface area contributed by atoms with Crippen LogP contribution in [0, 0.1) is 0 Å². The Bertz CT molecular complexity index is 955. The fourth-order valence-electron chi connectivity index (χ4n) is 3.20. The van der Waals surface area contributed by atoms with E-state index in [4.69, 9.17) is 4.74 Å². The molecule has 0 radical (unpaired) electrons. The number of amides is 1. The lowest BCUT2D eigenvalue weighted by Crippen LogP contribution is -2.29. The van der Waals surface area contributed by atoms with Crippen molar-refractivity contribution >= 4 is 31.9 Å². The van der Waals surface area contributed by atoms with Crippen LogP contribution in [-0.2, 0) is 10.0 Å². The number of ether oxygens (including phenoxy) is 1. The lowest BCUT2D eigenvalue weighted by molar-refractivity contribution is 0.0939. The number of rotatable bonds is 6. The monoisotopic (exact) mass is 466 g/mol. The fourth-order valence-corrected chi connectivity index (χ4v) is 5.16. The summed E-state index contributed by atoms with van der Waals surface area (Å²) >= 11 is 3.39. The molecule has 1 aliphatic rings. The Morgan fingerprint density at radius 3 is 2.39 bits per heavy atom. The highest BCUT2D eigenvalue weighted by Gasteiger charge is 2.30. The minimum atomic E-state index is -3.70. The highest BCUT2D eigenvalue weighted by molar-refractivity contribution is 9.10. The van der Waals surface area contributed by atoms with Crippen molar-refractivity contribution in [3.8, 4) is 5.75 Å². The van der Waals surface area contributed by atoms with Crippen molar-refractivity contribution < 1.29 is 17.9 Å². The normalized spacial score (nSPS) is 16.0. The van der Waals surface area contributed by atoms with Gasteiger partial charge in [0.2, 0.25) is 10.0 Å². The van der Waals surface area contributed by atoms with E-state index >= 15 is 0 Å². The molecule has 1 fully saturated rings. The van der Waals surface area contributed by atoms with Crippen molar-refractivity contribution in [2.75, 3.05) is 20.2 Å². The van der Waals surface area contributed by atoms with E-state index in [1.807, 2.05) is 31.2 Å². The number of methoxy groups -OCH3 is 1. The zero-order valence-electron chi connectivity index (χ0n) is 15.8. The van der Waals surface area contributed by atoms with Crippen molar-refractivity contribution in [3.05, 3.63) is 58.1 Å². The highest BCUT2D eigenvalue weighted by atomic mass is 79.9. The summed E-state index contributed by atoms with van der Waals surface area (Å²) in [5.74, 6) is -0.0969. The minimum Gasteiger partial charge on any atom is -0.495 e. The van der Waals surface area contributed by atoms with E-state index in [0.717, 1.165) is 22.9 Å². The number of carbonyl (C=O) groups excluding carboxylic acids is 1. The van der Waals surface area contributed by atoms with Crippen LogP contribution in [-0.4, -0.2) is 38.8 Å². The molecule has 0 unspecified atom stereocenters. The summed E-state index contributed by atoms with van der Waals surface area (Å²) in [4.78, 5) is 12.8. The van der Waals surface area contributed by atoms with Gasteiger partial charge in [-0.05, 0) is 55.7 Å². The van der Waals surface area contributed by atoms with Crippen LogP contribution in [0.15, 0.2) is 51.8 Å². The summed E-state index contributed by atoms with van der Waals surface area (Å²) in [5, 5.41) is 2.91. The van der Waals surface area contributed by atoms with Crippen LogP contribution in [0.1, 0.15) is 41.7 Å². The lowest BCUT2D eigenvalue weighted by Gasteiger charge is -2.19. The molecule has 2 aromatic carbocycles. The van der Waals surface area contributed by atoms with Gasteiger partial charge in [-0.15, -0.1) is 0 Å². The molecule has 1 heterocycles. The number of hydrogen-bond donors (Lipinski definition) is 1. The Hall–Kier alpha value is -1.90. The summed E-state index contributed by atoms with van der Waals surface area (Å²) in [6.07, 6.45) is 1.68. The third-order valence-electron chi connectivity index (χ3n) is 4.83. The number of benzene rings is 2. The van der Waals surface area contributed by atoms with Crippen molar-refractivity contribution in [3.63, 3.8) is 0 Å². The second-order valence-corrected chi connectivity index (χ2v) is 9.55. The summed E-state index contributed by atoms with van der Waals surface area (Å²) in [6, 6.07) is 11.9. The first-order valence-corrected chi connectivity index (χ1v) is 11.3. The number of carbonyl (C=O) groups is 1. The van der Waals surface area contributed by atoms with E-state index in [0.29, 0.717) is 13.1 Å². The predicted molar refractivity (Wildman–Crippen MR) is 111 cm³/mol. The van der Waals surface area contributed by atoms with Gasteiger partial charge in [0.15, 0.2) is 0 Å². The quantitative estimate of drug-likeness (QED) is 0.703. The molecule has 1 aliphatic heterocycles. The standard InChI is InChI=1S/C20H23BrN2O4S/c1-14(15-5-8-17(21)9-6-15)22-20(24)16-7-10-18(27-2)19(13-16)28(25,26)23-11-3-4-12-23/h5-10,13-14H,3-4,11-12H2,1-2H3,(H,22,24)/t14-/m1/s1. The summed E-state index contributed by atoms with van der Waals surface area (Å²) in [6.45, 7) is 2.86. The van der Waals surface area contributed by atoms with Gasteiger partial charge >= 0.3 is 0 Å². The second kappa shape index (κ2) is 8.63. The second-order valence-electron chi connectivity index (χ2n) is 6.72. The summed E-state index contributed by atoms with van der Waals surface area (Å²) < 4.78 is 33.6. The third kappa shape index (κ3) is 4.39. The Labute approximate surface area is 174 Å². The van der Waals surface area contributed by atoms with Crippen LogP contribution in [0.5, 0.6) is 5.75 Å². The Morgan fingerprint density at radius 1 is 1.14 bits per heavy atom. The lowest BCUT2D eigenvalue weighted by atomic mass is 10.1. The molecule has 0 bridgehead atoms. The largest absolute Gasteiger partial charge is 0.495 e. The summed E-state index contributed by atoms with van der Waals surface area (Å²) in [5.41, 5.74) is 1.23. The number of hydrogen-bond acceptors (Lipinski definition) is 4. The molecular weight excluding hydrogens is 444 g/mol. The van der Waals surface area contributed by atoms with E-state index in [-0.39, 0.29) is 28.2 Å². The van der Waals surface area contributed by atoms with Gasteiger partial charge in [-0.2, -0.15) is 4.31 Å². The molecule has 6 nitrogen and oxygen atoms in total. The maximum atomic E-state index is 13.0. The molecule has 3 rings (SSSR count). The SMILES string of the molecule is COc1ccc(C(=O)N[C@H](C)c2ccc(Br)cc2)cc1S(=O)(=O)N1CCCC1. The Morgan fingerprint density at radius 2 is 1.79 bits per heavy atom. The van der Waals surface area contributed by atoms with Crippen LogP contribution in [0.2, 0.25) is 0 Å². The van der Waals surface area contributed by atoms with Gasteiger partial charge in [0.25, 0.3) is 5.91 Å². The van der Waals surface area contributed by atoms with Gasteiger partial charge in [0.05, 0.1) is 13.2 Å². The molecule has 0 saturated carbocycles. The highest BCUT2D eigenvalue weighted by Crippen LogP contribution is 2.30. The molecule has 1 N–H and O–H groups in total. The van der Waals surface area contributed by atoms with Gasteiger partial charge < -0.3 is 10.1 Å². The molecule has 1 amide bonds. The van der Waals surface area contributed by atoms with E-state index in [1.165, 1.54) is 23.5 Å². The van der Waals surface area contributed by atoms with Gasteiger partial charge in [-0.3, -0.25) is 4.79 Å². The number of nitrogens with zero attached hydrogens (tertiary/aromatic N) is 1. The van der Waals surface area contributed by atoms with E-state index in [1.54, 1.807) is 6.07 Å². The molecule has 8 heteroatoms. The molecular formula is C20H23BrN2O4S. The fraction of sp³-hybridized carbons (Fsp3) is 0.350. The zero-order chi connectivity index (χ0) is 20.3. The van der Waals surface area contributed by atoms with Gasteiger partial charge in [-0.25, -0.2) is 8.42 Å². The molecule has 2 aromatic rings. The van der Waals surface area contributed by atoms with Crippen LogP contribution in [0.3, 0.4) is 0 Å². The molecule has 150 valence electrons. The average molecular weight is 467 g/mol. The Kier molecular flexibility index (Phi) is 6.42. The zero-order valence-corrected chi connectivity index (χ0v) is 18.2. The van der Waals surface area contributed by atoms with Crippen LogP contribution < -0.4 is 10.1 Å². The molecule has 0 aromatic heterocycles. The maximum Gasteiger partial charge on any atom is 0.251 e. The number of halogens is 1. The first-order chi connectivity index (χ1) is 13.3. The van der Waals surface area contributed by atoms with Gasteiger partial charge in [-0.1, -0.05) is 28.1 Å². The smallest absolute Gasteiger partial charge is 0.251 e. The molecule has 0 aliphatic carbocycles. The van der Waals surface area contributed by atoms with Crippen LogP contribution in [0.4, 0.5) is 0 Å². The van der Waals surface area contributed by atoms with E-state index < -0.39 is 10.0 Å². The molecule has 1 atom stereocenters. The topological polar surface area (TPSA) is 75.7 Å². The van der Waals surface area contributed by atoms with Crippen LogP contribution in [0.25, 0.3) is 0 Å². The van der Waals surface area contributed by atoms with E-state index in [9.17, 15) is 13.2 Å². The van der Waals surface area contributed by atoms with Gasteiger partial charge in [0.1, 0.15) is 10.6 Å². The third-order valence-corrected chi connectivity index (χ3v) is 7.27. The molecule has 28 heavy (non-hydrogen) atoms. The first kappa shape index (κ1) is 20.8. The number of sulfonamides is 1. The van der Waals surface area contributed by atoms with Crippen molar-refractivity contribution in [1.82, 2.24) is 9.62 Å². The minimum absolute atomic E-state index is 0.0286.